The van der Waals surface area contributed by atoms with Crippen molar-refractivity contribution in [2.24, 2.45) is 5.10 Å². The zero-order valence-electron chi connectivity index (χ0n) is 25.2. The molecule has 0 radical (unpaired) electrons. The van der Waals surface area contributed by atoms with Crippen molar-refractivity contribution < 1.29 is 43.2 Å². The number of esters is 1. The lowest BCUT2D eigenvalue weighted by molar-refractivity contribution is -0.394. The fourth-order valence-corrected chi connectivity index (χ4v) is 4.40. The van der Waals surface area contributed by atoms with Gasteiger partial charge < -0.3 is 29.6 Å². The molecular formula is C30H28N6O11. The summed E-state index contributed by atoms with van der Waals surface area (Å²) in [6.45, 7) is 2.93. The molecule has 0 saturated heterocycles. The molecule has 1 aliphatic heterocycles. The van der Waals surface area contributed by atoms with Crippen LogP contribution in [0.15, 0.2) is 77.0 Å². The third-order valence-electron chi connectivity index (χ3n) is 6.53. The number of nitrogens with zero attached hydrogens (tertiary/aromatic N) is 3. The number of nitrogens with one attached hydrogen (secondary N) is 3. The van der Waals surface area contributed by atoms with Crippen molar-refractivity contribution in [3.63, 3.8) is 0 Å². The van der Waals surface area contributed by atoms with Crippen LogP contribution in [0.1, 0.15) is 31.0 Å². The summed E-state index contributed by atoms with van der Waals surface area (Å²) in [5, 5.41) is 31.6. The Morgan fingerprint density at radius 1 is 1.00 bits per heavy atom. The molecule has 0 bridgehead atoms. The number of nitro benzene ring substituents is 2. The van der Waals surface area contributed by atoms with Gasteiger partial charge in [0.15, 0.2) is 18.1 Å². The predicted octanol–water partition coefficient (Wildman–Crippen LogP) is 4.02. The average molecular weight is 649 g/mol. The SMILES string of the molecule is CCOC(=O)C1=C(C)NC(=O)N[C@H]1c1ccc(OCC(=O)N/N=C\c2ccccc2Oc2ccc([N+](=O)[O-])cc2[N+](=O)[O-])c(OC)c1. The van der Waals surface area contributed by atoms with Gasteiger partial charge in [-0.15, -0.1) is 0 Å². The molecule has 0 aromatic heterocycles. The van der Waals surface area contributed by atoms with Gasteiger partial charge in [0.2, 0.25) is 5.75 Å². The van der Waals surface area contributed by atoms with E-state index in [2.05, 4.69) is 21.2 Å². The standard InChI is InChI=1S/C30H28N6O11/c1-4-45-29(38)27-17(2)32-30(39)33-28(27)18-9-11-24(25(13-18)44-3)46-16-26(37)34-31-15-19-7-5-6-8-22(19)47-23-12-10-20(35(40)41)14-21(23)36(42)43/h5-15,28H,4,16H2,1-3H3,(H,34,37)(H2,32,33,39)/b31-15-/t28-/m0/s1. The van der Waals surface area contributed by atoms with Gasteiger partial charge in [0.1, 0.15) is 5.75 Å². The zero-order valence-corrected chi connectivity index (χ0v) is 25.2. The summed E-state index contributed by atoms with van der Waals surface area (Å²) >= 11 is 0. The number of urea groups is 1. The van der Waals surface area contributed by atoms with Crippen molar-refractivity contribution in [1.82, 2.24) is 16.1 Å². The number of rotatable bonds is 13. The first kappa shape index (κ1) is 33.4. The topological polar surface area (TPSA) is 223 Å². The Hall–Kier alpha value is -6.52. The average Bonchev–Trinajstić information content (AvgIpc) is 3.04. The summed E-state index contributed by atoms with van der Waals surface area (Å²) in [7, 11) is 1.38. The van der Waals surface area contributed by atoms with Gasteiger partial charge in [-0.25, -0.2) is 15.0 Å². The summed E-state index contributed by atoms with van der Waals surface area (Å²) in [5.41, 5.74) is 2.61. The molecule has 3 amide bonds. The molecule has 0 fully saturated rings. The largest absolute Gasteiger partial charge is 0.493 e. The first-order chi connectivity index (χ1) is 22.5. The van der Waals surface area contributed by atoms with Crippen LogP contribution in [-0.2, 0) is 14.3 Å². The number of carbonyl (C=O) groups is 3. The molecule has 0 unspecified atom stereocenters. The Morgan fingerprint density at radius 2 is 1.74 bits per heavy atom. The van der Waals surface area contributed by atoms with E-state index in [0.29, 0.717) is 16.8 Å². The quantitative estimate of drug-likeness (QED) is 0.104. The number of hydrogen-bond acceptors (Lipinski definition) is 12. The Labute approximate surface area is 266 Å². The number of amides is 3. The number of carbonyl (C=O) groups excluding carboxylic acids is 3. The normalized spacial score (nSPS) is 14.1. The maximum Gasteiger partial charge on any atom is 0.338 e. The number of hydrogen-bond donors (Lipinski definition) is 3. The maximum absolute atomic E-state index is 12.6. The van der Waals surface area contributed by atoms with Gasteiger partial charge >= 0.3 is 17.7 Å². The minimum Gasteiger partial charge on any atom is -0.493 e. The van der Waals surface area contributed by atoms with Crippen LogP contribution in [0.3, 0.4) is 0 Å². The highest BCUT2D eigenvalue weighted by Gasteiger charge is 2.32. The third kappa shape index (κ3) is 8.15. The van der Waals surface area contributed by atoms with Crippen LogP contribution in [-0.4, -0.2) is 54.3 Å². The fraction of sp³-hybridized carbons (Fsp3) is 0.200. The number of ether oxygens (including phenoxy) is 4. The van der Waals surface area contributed by atoms with E-state index in [1.54, 1.807) is 44.2 Å². The fourth-order valence-electron chi connectivity index (χ4n) is 4.40. The van der Waals surface area contributed by atoms with Crippen LogP contribution < -0.4 is 30.3 Å². The highest BCUT2D eigenvalue weighted by atomic mass is 16.6. The molecule has 17 nitrogen and oxygen atoms in total. The van der Waals surface area contributed by atoms with Gasteiger partial charge in [-0.05, 0) is 49.7 Å². The molecule has 3 aromatic carbocycles. The smallest absolute Gasteiger partial charge is 0.338 e. The highest BCUT2D eigenvalue weighted by molar-refractivity contribution is 5.95. The van der Waals surface area contributed by atoms with Gasteiger partial charge in [0.25, 0.3) is 11.6 Å². The van der Waals surface area contributed by atoms with E-state index in [1.165, 1.54) is 25.5 Å². The summed E-state index contributed by atoms with van der Waals surface area (Å²) in [4.78, 5) is 58.2. The highest BCUT2D eigenvalue weighted by Crippen LogP contribution is 2.36. The van der Waals surface area contributed by atoms with Crippen LogP contribution in [0.25, 0.3) is 0 Å². The second kappa shape index (κ2) is 15.0. The van der Waals surface area contributed by atoms with E-state index in [4.69, 9.17) is 18.9 Å². The Bertz CT molecular complexity index is 1790. The lowest BCUT2D eigenvalue weighted by atomic mass is 9.95. The molecule has 4 rings (SSSR count). The Morgan fingerprint density at radius 3 is 2.45 bits per heavy atom. The van der Waals surface area contributed by atoms with E-state index in [9.17, 15) is 34.6 Å². The maximum atomic E-state index is 12.6. The molecular weight excluding hydrogens is 620 g/mol. The molecule has 47 heavy (non-hydrogen) atoms. The minimum absolute atomic E-state index is 0.129. The van der Waals surface area contributed by atoms with E-state index in [0.717, 1.165) is 18.2 Å². The van der Waals surface area contributed by atoms with Crippen LogP contribution in [0, 0.1) is 20.2 Å². The number of hydrazone groups is 1. The summed E-state index contributed by atoms with van der Waals surface area (Å²) < 4.78 is 21.8. The first-order valence-corrected chi connectivity index (χ1v) is 13.8. The molecule has 244 valence electrons. The third-order valence-corrected chi connectivity index (χ3v) is 6.53. The van der Waals surface area contributed by atoms with E-state index >= 15 is 0 Å². The van der Waals surface area contributed by atoms with Crippen molar-refractivity contribution in [3.05, 3.63) is 103 Å². The molecule has 0 aliphatic carbocycles. The van der Waals surface area contributed by atoms with Crippen LogP contribution in [0.5, 0.6) is 23.0 Å². The van der Waals surface area contributed by atoms with Crippen molar-refractivity contribution in [2.75, 3.05) is 20.3 Å². The van der Waals surface area contributed by atoms with Gasteiger partial charge in [0, 0.05) is 17.3 Å². The molecule has 0 spiro atoms. The number of methoxy groups -OCH3 is 1. The number of nitro groups is 2. The molecule has 0 saturated carbocycles. The van der Waals surface area contributed by atoms with Gasteiger partial charge in [-0.2, -0.15) is 5.10 Å². The number of allylic oxidation sites excluding steroid dienone is 1. The molecule has 1 aliphatic rings. The number of para-hydroxylation sites is 1. The van der Waals surface area contributed by atoms with Crippen molar-refractivity contribution >= 4 is 35.5 Å². The molecule has 1 heterocycles. The lowest BCUT2D eigenvalue weighted by Crippen LogP contribution is -2.45. The molecule has 17 heteroatoms. The van der Waals surface area contributed by atoms with Gasteiger partial charge in [-0.1, -0.05) is 18.2 Å². The zero-order chi connectivity index (χ0) is 34.1. The summed E-state index contributed by atoms with van der Waals surface area (Å²) in [6.07, 6.45) is 1.24. The van der Waals surface area contributed by atoms with E-state index in [-0.39, 0.29) is 35.2 Å². The van der Waals surface area contributed by atoms with Crippen molar-refractivity contribution in [1.29, 1.82) is 0 Å². The minimum atomic E-state index is -0.832. The van der Waals surface area contributed by atoms with Crippen LogP contribution in [0.2, 0.25) is 0 Å². The molecule has 3 aromatic rings. The van der Waals surface area contributed by atoms with Gasteiger partial charge in [0.05, 0.1) is 47.5 Å². The Balaban J connectivity index is 1.42. The van der Waals surface area contributed by atoms with E-state index < -0.39 is 51.8 Å². The van der Waals surface area contributed by atoms with Crippen LogP contribution >= 0.6 is 0 Å². The number of non-ortho nitro benzene ring substituents is 1. The van der Waals surface area contributed by atoms with Gasteiger partial charge in [-0.3, -0.25) is 25.0 Å². The molecule has 1 atom stereocenters. The second-order valence-corrected chi connectivity index (χ2v) is 9.59. The van der Waals surface area contributed by atoms with Crippen molar-refractivity contribution in [2.45, 2.75) is 19.9 Å². The van der Waals surface area contributed by atoms with Crippen molar-refractivity contribution in [3.8, 4) is 23.0 Å². The Kier molecular flexibility index (Phi) is 10.6. The summed E-state index contributed by atoms with van der Waals surface area (Å²) in [6, 6.07) is 12.6. The summed E-state index contributed by atoms with van der Waals surface area (Å²) in [5.74, 6) is -0.933. The second-order valence-electron chi connectivity index (χ2n) is 9.59. The molecule has 3 N–H and O–H groups in total. The monoisotopic (exact) mass is 648 g/mol. The number of benzene rings is 3. The van der Waals surface area contributed by atoms with E-state index in [1.807, 2.05) is 0 Å². The van der Waals surface area contributed by atoms with Crippen LogP contribution in [0.4, 0.5) is 16.2 Å². The lowest BCUT2D eigenvalue weighted by Gasteiger charge is -2.28. The predicted molar refractivity (Wildman–Crippen MR) is 164 cm³/mol. The first-order valence-electron chi connectivity index (χ1n) is 13.8.